The van der Waals surface area contributed by atoms with Crippen LogP contribution in [0.4, 0.5) is 13.6 Å². The van der Waals surface area contributed by atoms with Gasteiger partial charge in [0.05, 0.1) is 19.2 Å². The number of carbonyl (C=O) groups is 2. The molecule has 0 spiro atoms. The molecule has 1 unspecified atom stereocenters. The van der Waals surface area contributed by atoms with Crippen molar-refractivity contribution in [2.75, 3.05) is 33.6 Å². The largest absolute Gasteiger partial charge is 0.479 e. The summed E-state index contributed by atoms with van der Waals surface area (Å²) in [6.45, 7) is 5.02. The number of methoxy groups -OCH3 is 1. The van der Waals surface area contributed by atoms with Crippen LogP contribution in [0.2, 0.25) is 0 Å². The van der Waals surface area contributed by atoms with Crippen LogP contribution in [0.3, 0.4) is 0 Å². The van der Waals surface area contributed by atoms with Gasteiger partial charge in [0.1, 0.15) is 18.4 Å². The van der Waals surface area contributed by atoms with Gasteiger partial charge in [-0.25, -0.2) is 18.4 Å². The maximum Gasteiger partial charge on any atom is 0.410 e. The third-order valence-electron chi connectivity index (χ3n) is 4.69. The first-order chi connectivity index (χ1) is 12.8. The Bertz CT molecular complexity index is 599. The molecule has 0 saturated carbocycles. The standard InChI is InChI=1S/C17H28F2N2O7/c1-15(2,3)28-14(24)20-9-17(18,19)12-11(20)8-27-21(12)7-6-16(4,13(22)23)26-10-25-5/h11-12H,6-10H2,1-5H3,(H,22,23)/t11-,12+,16?/m1/s1. The molecule has 0 radical (unpaired) electrons. The van der Waals surface area contributed by atoms with Crippen molar-refractivity contribution in [1.82, 2.24) is 9.96 Å². The number of rotatable bonds is 7. The number of ether oxygens (including phenoxy) is 3. The van der Waals surface area contributed by atoms with Crippen LogP contribution >= 0.6 is 0 Å². The van der Waals surface area contributed by atoms with Crippen LogP contribution in [0, 0.1) is 0 Å². The average Bonchev–Trinajstić information content (AvgIpc) is 3.09. The number of likely N-dealkylation sites (tertiary alicyclic amines) is 1. The summed E-state index contributed by atoms with van der Waals surface area (Å²) in [6, 6.07) is -2.28. The molecule has 28 heavy (non-hydrogen) atoms. The smallest absolute Gasteiger partial charge is 0.410 e. The van der Waals surface area contributed by atoms with Gasteiger partial charge in [-0.2, -0.15) is 5.06 Å². The second-order valence-electron chi connectivity index (χ2n) is 8.15. The van der Waals surface area contributed by atoms with Crippen molar-refractivity contribution in [3.8, 4) is 0 Å². The lowest BCUT2D eigenvalue weighted by Gasteiger charge is -2.30. The highest BCUT2D eigenvalue weighted by atomic mass is 19.3. The van der Waals surface area contributed by atoms with Crippen molar-refractivity contribution in [1.29, 1.82) is 0 Å². The number of hydrogen-bond donors (Lipinski definition) is 1. The molecule has 2 aliphatic rings. The average molecular weight is 410 g/mol. The van der Waals surface area contributed by atoms with Crippen LogP contribution in [-0.4, -0.2) is 89.9 Å². The number of amides is 1. The van der Waals surface area contributed by atoms with E-state index in [0.29, 0.717) is 0 Å². The first kappa shape index (κ1) is 22.7. The maximum absolute atomic E-state index is 14.6. The maximum atomic E-state index is 14.6. The van der Waals surface area contributed by atoms with E-state index in [1.807, 2.05) is 0 Å². The molecule has 0 aromatic heterocycles. The molecule has 2 saturated heterocycles. The van der Waals surface area contributed by atoms with Crippen LogP contribution in [0.1, 0.15) is 34.1 Å². The number of carboxylic acids is 1. The summed E-state index contributed by atoms with van der Waals surface area (Å²) >= 11 is 0. The summed E-state index contributed by atoms with van der Waals surface area (Å²) < 4.78 is 44.4. The number of fused-ring (bicyclic) bond motifs is 1. The number of aliphatic carboxylic acids is 1. The molecule has 162 valence electrons. The van der Waals surface area contributed by atoms with Crippen LogP contribution in [0.15, 0.2) is 0 Å². The monoisotopic (exact) mass is 410 g/mol. The Labute approximate surface area is 162 Å². The number of hydrogen-bond acceptors (Lipinski definition) is 7. The van der Waals surface area contributed by atoms with Gasteiger partial charge in [0.15, 0.2) is 5.60 Å². The summed E-state index contributed by atoms with van der Waals surface area (Å²) in [5, 5.41) is 10.4. The molecular weight excluding hydrogens is 382 g/mol. The Hall–Kier alpha value is -1.56. The first-order valence-electron chi connectivity index (χ1n) is 8.94. The third-order valence-corrected chi connectivity index (χ3v) is 4.69. The quantitative estimate of drug-likeness (QED) is 0.634. The zero-order chi connectivity index (χ0) is 21.3. The van der Waals surface area contributed by atoms with Crippen molar-refractivity contribution in [3.05, 3.63) is 0 Å². The Balaban J connectivity index is 2.08. The van der Waals surface area contributed by atoms with Gasteiger partial charge >= 0.3 is 12.1 Å². The highest BCUT2D eigenvalue weighted by Crippen LogP contribution is 2.41. The molecule has 0 aliphatic carbocycles. The van der Waals surface area contributed by atoms with Gasteiger partial charge in [-0.3, -0.25) is 9.74 Å². The van der Waals surface area contributed by atoms with Crippen molar-refractivity contribution < 1.29 is 42.5 Å². The molecule has 2 aliphatic heterocycles. The summed E-state index contributed by atoms with van der Waals surface area (Å²) in [7, 11) is 1.35. The minimum Gasteiger partial charge on any atom is -0.479 e. The highest BCUT2D eigenvalue weighted by Gasteiger charge is 2.62. The Morgan fingerprint density at radius 3 is 2.46 bits per heavy atom. The molecule has 3 atom stereocenters. The lowest BCUT2D eigenvalue weighted by Crippen LogP contribution is -2.48. The van der Waals surface area contributed by atoms with E-state index in [2.05, 4.69) is 0 Å². The zero-order valence-corrected chi connectivity index (χ0v) is 16.7. The van der Waals surface area contributed by atoms with E-state index in [0.717, 1.165) is 9.96 Å². The summed E-state index contributed by atoms with van der Waals surface area (Å²) in [4.78, 5) is 30.2. The minimum absolute atomic E-state index is 0.114. The van der Waals surface area contributed by atoms with E-state index < -0.39 is 47.8 Å². The first-order valence-corrected chi connectivity index (χ1v) is 8.94. The van der Waals surface area contributed by atoms with Crippen molar-refractivity contribution in [2.24, 2.45) is 0 Å². The van der Waals surface area contributed by atoms with E-state index in [9.17, 15) is 23.5 Å². The minimum atomic E-state index is -3.23. The number of carboxylic acid groups (broad SMARTS) is 1. The number of halogens is 2. The van der Waals surface area contributed by atoms with Gasteiger partial charge in [0, 0.05) is 20.1 Å². The Morgan fingerprint density at radius 2 is 1.93 bits per heavy atom. The van der Waals surface area contributed by atoms with Gasteiger partial charge in [-0.05, 0) is 27.7 Å². The van der Waals surface area contributed by atoms with Crippen molar-refractivity contribution >= 4 is 12.1 Å². The molecule has 0 bridgehead atoms. The van der Waals surface area contributed by atoms with Crippen LogP contribution < -0.4 is 0 Å². The van der Waals surface area contributed by atoms with E-state index in [1.165, 1.54) is 14.0 Å². The highest BCUT2D eigenvalue weighted by molar-refractivity contribution is 5.76. The van der Waals surface area contributed by atoms with E-state index in [4.69, 9.17) is 19.0 Å². The van der Waals surface area contributed by atoms with Crippen LogP contribution in [-0.2, 0) is 23.8 Å². The van der Waals surface area contributed by atoms with E-state index in [-0.39, 0.29) is 26.4 Å². The lowest BCUT2D eigenvalue weighted by molar-refractivity contribution is -0.201. The second-order valence-corrected chi connectivity index (χ2v) is 8.15. The van der Waals surface area contributed by atoms with E-state index >= 15 is 0 Å². The molecule has 2 heterocycles. The van der Waals surface area contributed by atoms with E-state index in [1.54, 1.807) is 20.8 Å². The fourth-order valence-corrected chi connectivity index (χ4v) is 3.20. The molecule has 2 fully saturated rings. The molecular formula is C17H28F2N2O7. The summed E-state index contributed by atoms with van der Waals surface area (Å²) in [5.74, 6) is -4.47. The molecule has 11 heteroatoms. The second kappa shape index (κ2) is 8.05. The van der Waals surface area contributed by atoms with Gasteiger partial charge in [-0.1, -0.05) is 0 Å². The molecule has 0 aromatic carbocycles. The molecule has 9 nitrogen and oxygen atoms in total. The lowest BCUT2D eigenvalue weighted by atomic mass is 10.0. The number of nitrogens with zero attached hydrogens (tertiary/aromatic N) is 2. The SMILES string of the molecule is COCOC(C)(CCN1OC[C@@H]2[C@H]1C(F)(F)CN2C(=O)OC(C)(C)C)C(=O)O. The predicted octanol–water partition coefficient (Wildman–Crippen LogP) is 1.71. The number of alkyl halides is 2. The number of carbonyl (C=O) groups excluding carboxylic acids is 1. The Kier molecular flexibility index (Phi) is 6.54. The molecule has 1 amide bonds. The van der Waals surface area contributed by atoms with Crippen molar-refractivity contribution in [3.63, 3.8) is 0 Å². The van der Waals surface area contributed by atoms with Crippen LogP contribution in [0.5, 0.6) is 0 Å². The van der Waals surface area contributed by atoms with Gasteiger partial charge in [0.25, 0.3) is 5.92 Å². The zero-order valence-electron chi connectivity index (χ0n) is 16.7. The van der Waals surface area contributed by atoms with Crippen molar-refractivity contribution in [2.45, 2.75) is 63.3 Å². The topological polar surface area (TPSA) is 97.8 Å². The van der Waals surface area contributed by atoms with Gasteiger partial charge in [0.2, 0.25) is 0 Å². The third kappa shape index (κ3) is 4.88. The molecule has 2 rings (SSSR count). The van der Waals surface area contributed by atoms with Gasteiger partial charge in [-0.15, -0.1) is 0 Å². The molecule has 0 aromatic rings. The Morgan fingerprint density at radius 1 is 1.29 bits per heavy atom. The fourth-order valence-electron chi connectivity index (χ4n) is 3.20. The van der Waals surface area contributed by atoms with Gasteiger partial charge < -0.3 is 19.3 Å². The molecule has 1 N–H and O–H groups in total. The predicted molar refractivity (Wildman–Crippen MR) is 91.7 cm³/mol. The number of hydroxylamine groups is 2. The van der Waals surface area contributed by atoms with Crippen LogP contribution in [0.25, 0.3) is 0 Å². The summed E-state index contributed by atoms with van der Waals surface area (Å²) in [6.07, 6.45) is -0.943. The summed E-state index contributed by atoms with van der Waals surface area (Å²) in [5.41, 5.74) is -2.44. The normalized spacial score (nSPS) is 26.8. The fraction of sp³-hybridized carbons (Fsp3) is 0.882.